The van der Waals surface area contributed by atoms with Crippen LogP contribution in [0.1, 0.15) is 150 Å². The summed E-state index contributed by atoms with van der Waals surface area (Å²) in [6.07, 6.45) is 19.8. The molecule has 8 rings (SSSR count). The largest absolute Gasteiger partial charge is 0.459 e. The zero-order valence-electron chi connectivity index (χ0n) is 43.7. The topological polar surface area (TPSA) is 129 Å². The normalized spacial score (nSPS) is 22.0. The number of aliphatic hydroxyl groups excluding tert-OH is 2. The first-order valence-corrected chi connectivity index (χ1v) is 27.4. The molecule has 0 saturated heterocycles. The smallest absolute Gasteiger partial charge is 0.239 e. The summed E-state index contributed by atoms with van der Waals surface area (Å²) in [4.78, 5) is 23.9. The van der Waals surface area contributed by atoms with E-state index in [1.54, 1.807) is 6.08 Å². The number of carbonyl (C=O) groups excluding carboxylic acids is 1. The van der Waals surface area contributed by atoms with E-state index in [1.165, 1.54) is 44.1 Å². The van der Waals surface area contributed by atoms with Crippen molar-refractivity contribution in [2.45, 2.75) is 161 Å². The van der Waals surface area contributed by atoms with E-state index in [-0.39, 0.29) is 63.4 Å². The third-order valence-corrected chi connectivity index (χ3v) is 15.6. The second-order valence-corrected chi connectivity index (χ2v) is 20.7. The van der Waals surface area contributed by atoms with Crippen molar-refractivity contribution in [2.24, 2.45) is 22.9 Å². The van der Waals surface area contributed by atoms with E-state index in [2.05, 4.69) is 51.6 Å². The van der Waals surface area contributed by atoms with E-state index in [0.29, 0.717) is 48.7 Å². The van der Waals surface area contributed by atoms with Crippen LogP contribution < -0.4 is 18.9 Å². The molecule has 0 bridgehead atoms. The van der Waals surface area contributed by atoms with Crippen LogP contribution in [0.5, 0.6) is 28.7 Å². The number of fused-ring (bicyclic) bond motifs is 3. The maximum absolute atomic E-state index is 15.5. The van der Waals surface area contributed by atoms with Gasteiger partial charge in [0.25, 0.3) is 0 Å². The van der Waals surface area contributed by atoms with Gasteiger partial charge in [-0.15, -0.1) is 6.58 Å². The van der Waals surface area contributed by atoms with Gasteiger partial charge in [-0.05, 0) is 128 Å². The van der Waals surface area contributed by atoms with Crippen molar-refractivity contribution in [3.05, 3.63) is 137 Å². The third kappa shape index (κ3) is 13.2. The summed E-state index contributed by atoms with van der Waals surface area (Å²) >= 11 is 0. The van der Waals surface area contributed by atoms with Crippen molar-refractivity contribution in [3.63, 3.8) is 0 Å². The Labute approximate surface area is 434 Å². The molecule has 0 unspecified atom stereocenters. The summed E-state index contributed by atoms with van der Waals surface area (Å²) in [5.74, 6) is 1.57. The lowest BCUT2D eigenvalue weighted by molar-refractivity contribution is -0.258. The zero-order valence-corrected chi connectivity index (χ0v) is 43.7. The van der Waals surface area contributed by atoms with Crippen LogP contribution >= 0.6 is 0 Å². The number of amides is 1. The molecule has 4 aromatic rings. The number of aliphatic hydroxyl groups is 2. The molecule has 2 aliphatic carbocycles. The van der Waals surface area contributed by atoms with E-state index < -0.39 is 17.7 Å². The highest BCUT2D eigenvalue weighted by Crippen LogP contribution is 2.62. The second-order valence-electron chi connectivity index (χ2n) is 20.7. The van der Waals surface area contributed by atoms with E-state index in [0.717, 1.165) is 84.2 Å². The number of carbonyl (C=O) groups is 1. The predicted molar refractivity (Wildman–Crippen MR) is 287 cm³/mol. The number of ether oxygens (including phenoxy) is 5. The molecule has 0 radical (unpaired) electrons. The standard InChI is InChI=1S/C62H80N2O9/c1-5-7-8-9-10-11-12-13-17-26-59(67)64(41-47-28-31-56-57(37-47)69-43-68-56)58-40-54(63-71-42-46-22-15-14-16-23-46)52-38-48(24-18-20-33-65)51(25-19-21-34-66)60-53-39-50(72-49-29-27-44(3)45(4)36-49)30-32-55(53)73-62(58,61(52)60)70-35-6-2/h6,14-16,22-23,27-32,36-39,48,51,58,60-61,65-66H,2,5,7-13,17-21,24-26,33-35,40-43H2,1,3-4H3/t48-,51+,58-,60+,61+,62+/m0/s1. The van der Waals surface area contributed by atoms with Gasteiger partial charge < -0.3 is 43.6 Å². The van der Waals surface area contributed by atoms with Crippen LogP contribution in [0.3, 0.4) is 0 Å². The highest BCUT2D eigenvalue weighted by Gasteiger charge is 2.65. The average molecular weight is 997 g/mol. The van der Waals surface area contributed by atoms with Gasteiger partial charge >= 0.3 is 0 Å². The Morgan fingerprint density at radius 1 is 0.781 bits per heavy atom. The second kappa shape index (κ2) is 26.5. The molecule has 4 aromatic carbocycles. The maximum Gasteiger partial charge on any atom is 0.239 e. The molecule has 11 nitrogen and oxygen atoms in total. The molecular formula is C62H80N2O9. The summed E-state index contributed by atoms with van der Waals surface area (Å²) < 4.78 is 33.3. The van der Waals surface area contributed by atoms with Gasteiger partial charge in [-0.1, -0.05) is 131 Å². The summed E-state index contributed by atoms with van der Waals surface area (Å²) in [6.45, 7) is 11.7. The van der Waals surface area contributed by atoms with Crippen molar-refractivity contribution >= 4 is 11.6 Å². The number of aryl methyl sites for hydroxylation is 2. The van der Waals surface area contributed by atoms with Crippen molar-refractivity contribution in [3.8, 4) is 28.7 Å². The Morgan fingerprint density at radius 3 is 2.25 bits per heavy atom. The zero-order chi connectivity index (χ0) is 51.0. The van der Waals surface area contributed by atoms with E-state index in [9.17, 15) is 10.2 Å². The summed E-state index contributed by atoms with van der Waals surface area (Å²) in [5, 5.41) is 25.3. The molecule has 11 heteroatoms. The lowest BCUT2D eigenvalue weighted by Crippen LogP contribution is -2.70. The van der Waals surface area contributed by atoms with Crippen LogP contribution in [-0.2, 0) is 27.5 Å². The minimum absolute atomic E-state index is 0.0180. The number of hydrogen-bond acceptors (Lipinski definition) is 10. The van der Waals surface area contributed by atoms with Crippen molar-refractivity contribution in [1.29, 1.82) is 0 Å². The Kier molecular flexibility index (Phi) is 19.5. The predicted octanol–water partition coefficient (Wildman–Crippen LogP) is 13.6. The van der Waals surface area contributed by atoms with Crippen LogP contribution in [0, 0.1) is 31.6 Å². The summed E-state index contributed by atoms with van der Waals surface area (Å²) in [5.41, 5.74) is 6.99. The SMILES string of the molecule is C=CCO[C@@]12Oc3ccc(Oc4ccc(C)c(C)c4)cc3[C@H]3[C@H](CCCCO)[C@@H](CCCCO)C=C(C(=NOCc4ccccc4)C[C@@H]1N(Cc1ccc4c(c1)OCO4)C(=O)CCCCCCCCCCC)[C@H]32. The molecule has 1 fully saturated rings. The molecule has 2 N–H and O–H groups in total. The first kappa shape index (κ1) is 53.7. The van der Waals surface area contributed by atoms with Gasteiger partial charge in [0, 0.05) is 44.1 Å². The lowest BCUT2D eigenvalue weighted by Gasteiger charge is -2.60. The monoisotopic (exact) mass is 997 g/mol. The molecule has 392 valence electrons. The molecule has 73 heavy (non-hydrogen) atoms. The Balaban J connectivity index is 1.27. The maximum atomic E-state index is 15.5. The number of hydrogen-bond donors (Lipinski definition) is 2. The first-order chi connectivity index (χ1) is 35.8. The van der Waals surface area contributed by atoms with Crippen LogP contribution in [0.25, 0.3) is 0 Å². The molecule has 2 heterocycles. The molecule has 1 saturated carbocycles. The van der Waals surface area contributed by atoms with E-state index in [1.807, 2.05) is 71.6 Å². The van der Waals surface area contributed by atoms with E-state index >= 15 is 4.79 Å². The number of unbranched alkanes of at least 4 members (excludes halogenated alkanes) is 10. The van der Waals surface area contributed by atoms with Gasteiger partial charge in [0.05, 0.1) is 18.2 Å². The number of rotatable bonds is 29. The van der Waals surface area contributed by atoms with Gasteiger partial charge in [0.1, 0.15) is 29.9 Å². The van der Waals surface area contributed by atoms with Crippen molar-refractivity contribution in [1.82, 2.24) is 4.90 Å². The van der Waals surface area contributed by atoms with E-state index in [4.69, 9.17) is 33.7 Å². The van der Waals surface area contributed by atoms with Gasteiger partial charge in [0.2, 0.25) is 18.5 Å². The highest BCUT2D eigenvalue weighted by atomic mass is 16.7. The Bertz CT molecular complexity index is 2490. The van der Waals surface area contributed by atoms with Gasteiger partial charge in [-0.3, -0.25) is 4.79 Å². The van der Waals surface area contributed by atoms with Crippen LogP contribution in [-0.4, -0.2) is 65.2 Å². The number of allylic oxidation sites excluding steroid dienone is 1. The van der Waals surface area contributed by atoms with Crippen LogP contribution in [0.15, 0.2) is 114 Å². The van der Waals surface area contributed by atoms with Crippen molar-refractivity contribution < 1.29 is 43.5 Å². The lowest BCUT2D eigenvalue weighted by atomic mass is 9.55. The molecular weight excluding hydrogens is 917 g/mol. The van der Waals surface area contributed by atoms with Crippen molar-refractivity contribution in [2.75, 3.05) is 26.6 Å². The third-order valence-electron chi connectivity index (χ3n) is 15.6. The fourth-order valence-electron chi connectivity index (χ4n) is 11.7. The Morgan fingerprint density at radius 2 is 1.49 bits per heavy atom. The van der Waals surface area contributed by atoms with Gasteiger partial charge in [-0.2, -0.15) is 0 Å². The molecule has 4 aliphatic rings. The summed E-state index contributed by atoms with van der Waals surface area (Å²) in [7, 11) is 0. The van der Waals surface area contributed by atoms with Crippen LogP contribution in [0.4, 0.5) is 0 Å². The molecule has 6 atom stereocenters. The van der Waals surface area contributed by atoms with Gasteiger partial charge in [0.15, 0.2) is 11.5 Å². The fourth-order valence-corrected chi connectivity index (χ4v) is 11.7. The molecule has 1 amide bonds. The van der Waals surface area contributed by atoms with Gasteiger partial charge in [-0.25, -0.2) is 0 Å². The number of nitrogens with zero attached hydrogens (tertiary/aromatic N) is 2. The minimum Gasteiger partial charge on any atom is -0.459 e. The minimum atomic E-state index is -1.40. The summed E-state index contributed by atoms with van der Waals surface area (Å²) in [6, 6.07) is 27.6. The quantitative estimate of drug-likeness (QED) is 0.0310. The number of benzene rings is 4. The molecule has 2 aliphatic heterocycles. The first-order valence-electron chi connectivity index (χ1n) is 27.4. The number of oxime groups is 1. The average Bonchev–Trinajstić information content (AvgIpc) is 3.88. The Hall–Kier alpha value is -5.62. The highest BCUT2D eigenvalue weighted by molar-refractivity contribution is 6.03. The van der Waals surface area contributed by atoms with Crippen LogP contribution in [0.2, 0.25) is 0 Å². The fraction of sp³-hybridized carbons (Fsp3) is 0.516. The molecule has 0 spiro atoms. The molecule has 0 aromatic heterocycles.